The largest absolute Gasteiger partial charge is 0.456 e. The number of imide groups is 1. The van der Waals surface area contributed by atoms with E-state index in [0.29, 0.717) is 17.1 Å². The van der Waals surface area contributed by atoms with E-state index in [2.05, 4.69) is 0 Å². The number of hydrogen-bond acceptors (Lipinski definition) is 8. The fourth-order valence-corrected chi connectivity index (χ4v) is 4.05. The summed E-state index contributed by atoms with van der Waals surface area (Å²) < 4.78 is 16.4. The number of ether oxygens (including phenoxy) is 2. The Hall–Kier alpha value is -5.17. The second kappa shape index (κ2) is 8.88. The SMILES string of the molecule is CC1=C(C#N)C(=O)N(Cc2ccc3c(c2)OCO3)C(=O)/C1=C/c1ccc(-c2ccccc2[N+](=O)[O-])o1. The number of carbonyl (C=O) groups excluding carboxylic acids is 2. The summed E-state index contributed by atoms with van der Waals surface area (Å²) in [6.45, 7) is 1.53. The van der Waals surface area contributed by atoms with Crippen molar-refractivity contribution in [2.45, 2.75) is 13.5 Å². The molecule has 0 N–H and O–H groups in total. The number of nitro groups is 1. The lowest BCUT2D eigenvalue weighted by Gasteiger charge is -2.27. The van der Waals surface area contributed by atoms with Crippen LogP contribution < -0.4 is 9.47 Å². The van der Waals surface area contributed by atoms with Gasteiger partial charge in [0.15, 0.2) is 11.5 Å². The van der Waals surface area contributed by atoms with Gasteiger partial charge in [-0.25, -0.2) is 0 Å². The average molecular weight is 483 g/mol. The molecular weight excluding hydrogens is 466 g/mol. The van der Waals surface area contributed by atoms with E-state index in [0.717, 1.165) is 4.90 Å². The molecule has 0 aliphatic carbocycles. The number of nitro benzene ring substituents is 1. The Morgan fingerprint density at radius 2 is 1.86 bits per heavy atom. The third-order valence-corrected chi connectivity index (χ3v) is 5.88. The maximum atomic E-state index is 13.4. The van der Waals surface area contributed by atoms with Crippen LogP contribution in [0, 0.1) is 21.4 Å². The predicted octanol–water partition coefficient (Wildman–Crippen LogP) is 4.38. The van der Waals surface area contributed by atoms with Gasteiger partial charge >= 0.3 is 0 Å². The third kappa shape index (κ3) is 3.88. The molecule has 2 aliphatic rings. The molecule has 0 atom stereocenters. The summed E-state index contributed by atoms with van der Waals surface area (Å²) in [5.74, 6) is 0.253. The van der Waals surface area contributed by atoms with Gasteiger partial charge in [-0.3, -0.25) is 24.6 Å². The highest BCUT2D eigenvalue weighted by Crippen LogP contribution is 2.35. The molecule has 178 valence electrons. The van der Waals surface area contributed by atoms with Crippen LogP contribution in [0.5, 0.6) is 11.5 Å². The first-order chi connectivity index (χ1) is 17.4. The smallest absolute Gasteiger partial charge is 0.280 e. The second-order valence-corrected chi connectivity index (χ2v) is 8.03. The molecular formula is C26H17N3O7. The van der Waals surface area contributed by atoms with Gasteiger partial charge in [0.25, 0.3) is 17.5 Å². The number of furan rings is 1. The quantitative estimate of drug-likeness (QED) is 0.226. The fraction of sp³-hybridized carbons (Fsp3) is 0.115. The van der Waals surface area contributed by atoms with Gasteiger partial charge in [0.05, 0.1) is 17.0 Å². The minimum Gasteiger partial charge on any atom is -0.456 e. The number of hydrogen-bond donors (Lipinski definition) is 0. The molecule has 0 saturated carbocycles. The summed E-state index contributed by atoms with van der Waals surface area (Å²) in [6.07, 6.45) is 1.42. The van der Waals surface area contributed by atoms with Crippen LogP contribution in [-0.2, 0) is 16.1 Å². The minimum absolute atomic E-state index is 0.0796. The molecule has 0 saturated heterocycles. The van der Waals surface area contributed by atoms with Gasteiger partial charge in [-0.15, -0.1) is 0 Å². The van der Waals surface area contributed by atoms with Crippen molar-refractivity contribution in [1.29, 1.82) is 5.26 Å². The Bertz CT molecular complexity index is 1540. The first kappa shape index (κ1) is 22.6. The minimum atomic E-state index is -0.699. The standard InChI is InChI=1S/C26H17N3O7/c1-15-19(11-17-7-9-22(36-17)18-4-2-3-5-21(18)29(32)33)25(30)28(26(31)20(15)12-27)13-16-6-8-23-24(10-16)35-14-34-23/h2-11H,13-14H2,1H3/b19-11+. The molecule has 10 heteroatoms. The van der Waals surface area contributed by atoms with E-state index in [9.17, 15) is 25.0 Å². The second-order valence-electron chi connectivity index (χ2n) is 8.03. The van der Waals surface area contributed by atoms with Crippen molar-refractivity contribution >= 4 is 23.6 Å². The number of benzene rings is 2. The van der Waals surface area contributed by atoms with Crippen LogP contribution >= 0.6 is 0 Å². The number of nitrogens with zero attached hydrogens (tertiary/aromatic N) is 3. The topological polar surface area (TPSA) is 136 Å². The first-order valence-corrected chi connectivity index (χ1v) is 10.8. The zero-order valence-electron chi connectivity index (χ0n) is 18.9. The van der Waals surface area contributed by atoms with Gasteiger partial charge < -0.3 is 13.9 Å². The third-order valence-electron chi connectivity index (χ3n) is 5.88. The van der Waals surface area contributed by atoms with E-state index in [-0.39, 0.29) is 52.8 Å². The number of fused-ring (bicyclic) bond motifs is 1. The predicted molar refractivity (Wildman–Crippen MR) is 125 cm³/mol. The highest BCUT2D eigenvalue weighted by molar-refractivity contribution is 6.19. The highest BCUT2D eigenvalue weighted by Gasteiger charge is 2.36. The van der Waals surface area contributed by atoms with Crippen LogP contribution in [0.2, 0.25) is 0 Å². The number of nitriles is 1. The molecule has 1 aromatic heterocycles. The van der Waals surface area contributed by atoms with E-state index in [1.807, 2.05) is 6.07 Å². The van der Waals surface area contributed by atoms with Crippen LogP contribution in [0.1, 0.15) is 18.2 Å². The summed E-state index contributed by atoms with van der Waals surface area (Å²) in [5.41, 5.74) is 0.948. The summed E-state index contributed by atoms with van der Waals surface area (Å²) in [4.78, 5) is 38.2. The van der Waals surface area contributed by atoms with Gasteiger partial charge in [0.2, 0.25) is 6.79 Å². The Morgan fingerprint density at radius 3 is 2.64 bits per heavy atom. The zero-order valence-corrected chi connectivity index (χ0v) is 18.9. The Labute approximate surface area is 204 Å². The molecule has 2 aromatic carbocycles. The lowest BCUT2D eigenvalue weighted by molar-refractivity contribution is -0.384. The molecule has 2 aliphatic heterocycles. The molecule has 5 rings (SSSR count). The zero-order chi connectivity index (χ0) is 25.4. The van der Waals surface area contributed by atoms with E-state index in [4.69, 9.17) is 13.9 Å². The lowest BCUT2D eigenvalue weighted by Crippen LogP contribution is -2.42. The number of para-hydroxylation sites is 1. The molecule has 0 fully saturated rings. The fourth-order valence-electron chi connectivity index (χ4n) is 4.05. The molecule has 36 heavy (non-hydrogen) atoms. The summed E-state index contributed by atoms with van der Waals surface area (Å²) in [6, 6.07) is 16.2. The van der Waals surface area contributed by atoms with Gasteiger partial charge in [-0.2, -0.15) is 5.26 Å². The van der Waals surface area contributed by atoms with Crippen LogP contribution in [0.15, 0.2) is 75.7 Å². The van der Waals surface area contributed by atoms with Crippen molar-refractivity contribution in [2.24, 2.45) is 0 Å². The van der Waals surface area contributed by atoms with Crippen molar-refractivity contribution in [2.75, 3.05) is 6.79 Å². The lowest BCUT2D eigenvalue weighted by atomic mass is 9.94. The van der Waals surface area contributed by atoms with Gasteiger partial charge in [-0.05, 0) is 54.5 Å². The number of carbonyl (C=O) groups is 2. The van der Waals surface area contributed by atoms with Crippen molar-refractivity contribution in [3.8, 4) is 28.9 Å². The Morgan fingerprint density at radius 1 is 1.08 bits per heavy atom. The van der Waals surface area contributed by atoms with E-state index in [1.54, 1.807) is 48.5 Å². The molecule has 3 aromatic rings. The summed E-state index contributed by atoms with van der Waals surface area (Å²) in [7, 11) is 0. The highest BCUT2D eigenvalue weighted by atomic mass is 16.7. The normalized spacial score (nSPS) is 16.0. The summed E-state index contributed by atoms with van der Waals surface area (Å²) >= 11 is 0. The van der Waals surface area contributed by atoms with Crippen molar-refractivity contribution in [1.82, 2.24) is 4.90 Å². The van der Waals surface area contributed by atoms with Crippen LogP contribution in [-0.4, -0.2) is 28.4 Å². The van der Waals surface area contributed by atoms with Crippen molar-refractivity contribution < 1.29 is 28.4 Å². The monoisotopic (exact) mass is 483 g/mol. The molecule has 0 bridgehead atoms. The average Bonchev–Trinajstić information content (AvgIpc) is 3.54. The van der Waals surface area contributed by atoms with Crippen LogP contribution in [0.3, 0.4) is 0 Å². The molecule has 3 heterocycles. The molecule has 10 nitrogen and oxygen atoms in total. The Kier molecular flexibility index (Phi) is 5.58. The van der Waals surface area contributed by atoms with E-state index >= 15 is 0 Å². The van der Waals surface area contributed by atoms with Crippen molar-refractivity contribution in [3.63, 3.8) is 0 Å². The van der Waals surface area contributed by atoms with Crippen LogP contribution in [0.25, 0.3) is 17.4 Å². The molecule has 0 unspecified atom stereocenters. The summed E-state index contributed by atoms with van der Waals surface area (Å²) in [5, 5.41) is 21.0. The Balaban J connectivity index is 1.50. The molecule has 2 amide bonds. The first-order valence-electron chi connectivity index (χ1n) is 10.8. The number of amides is 2. The maximum Gasteiger partial charge on any atom is 0.280 e. The number of rotatable bonds is 5. The van der Waals surface area contributed by atoms with Crippen molar-refractivity contribution in [3.05, 3.63) is 92.8 Å². The molecule has 0 spiro atoms. The van der Waals surface area contributed by atoms with Gasteiger partial charge in [0.1, 0.15) is 23.2 Å². The van der Waals surface area contributed by atoms with Crippen LogP contribution in [0.4, 0.5) is 5.69 Å². The van der Waals surface area contributed by atoms with E-state index in [1.165, 1.54) is 19.1 Å². The van der Waals surface area contributed by atoms with Gasteiger partial charge in [0, 0.05) is 11.6 Å². The molecule has 0 radical (unpaired) electrons. The van der Waals surface area contributed by atoms with E-state index < -0.39 is 16.7 Å². The van der Waals surface area contributed by atoms with Gasteiger partial charge in [-0.1, -0.05) is 18.2 Å². The maximum absolute atomic E-state index is 13.4.